The molecule has 0 bridgehead atoms. The Morgan fingerprint density at radius 3 is 2.71 bits per heavy atom. The molecular formula is C10H11BrO3. The second-order valence-electron chi connectivity index (χ2n) is 3.35. The second kappa shape index (κ2) is 3.79. The van der Waals surface area contributed by atoms with E-state index in [0.717, 1.165) is 21.5 Å². The van der Waals surface area contributed by atoms with Gasteiger partial charge in [0, 0.05) is 4.47 Å². The smallest absolute Gasteiger partial charge is 0.231 e. The molecule has 14 heavy (non-hydrogen) atoms. The van der Waals surface area contributed by atoms with Crippen molar-refractivity contribution in [3.8, 4) is 11.5 Å². The Bertz CT molecular complexity index is 349. The fraction of sp³-hybridized carbons (Fsp3) is 0.400. The Labute approximate surface area is 90.8 Å². The first-order valence-electron chi connectivity index (χ1n) is 4.43. The molecule has 1 aromatic carbocycles. The van der Waals surface area contributed by atoms with Gasteiger partial charge in [0.15, 0.2) is 11.5 Å². The van der Waals surface area contributed by atoms with Crippen LogP contribution >= 0.6 is 15.9 Å². The van der Waals surface area contributed by atoms with Crippen LogP contribution in [0.3, 0.4) is 0 Å². The summed E-state index contributed by atoms with van der Waals surface area (Å²) in [5.41, 5.74) is 1.03. The van der Waals surface area contributed by atoms with Crippen molar-refractivity contribution in [2.24, 2.45) is 0 Å². The lowest BCUT2D eigenvalue weighted by Crippen LogP contribution is -2.04. The zero-order chi connectivity index (χ0) is 10.1. The minimum Gasteiger partial charge on any atom is -0.454 e. The lowest BCUT2D eigenvalue weighted by atomic mass is 10.1. The Balaban J connectivity index is 2.32. The summed E-state index contributed by atoms with van der Waals surface area (Å²) >= 11 is 3.43. The predicted molar refractivity (Wildman–Crippen MR) is 55.6 cm³/mol. The molecule has 1 N–H and O–H groups in total. The van der Waals surface area contributed by atoms with Gasteiger partial charge in [0.05, 0.1) is 6.10 Å². The minimum absolute atomic E-state index is 0.278. The van der Waals surface area contributed by atoms with Gasteiger partial charge in [-0.1, -0.05) is 15.9 Å². The first-order valence-corrected chi connectivity index (χ1v) is 5.22. The predicted octanol–water partition coefficient (Wildman–Crippen LogP) is 2.10. The van der Waals surface area contributed by atoms with Crippen molar-refractivity contribution in [1.29, 1.82) is 0 Å². The summed E-state index contributed by atoms with van der Waals surface area (Å²) in [7, 11) is 0. The molecule has 1 aliphatic rings. The molecule has 1 aliphatic heterocycles. The molecule has 3 nitrogen and oxygen atoms in total. The quantitative estimate of drug-likeness (QED) is 0.883. The number of fused-ring (bicyclic) bond motifs is 1. The van der Waals surface area contributed by atoms with Crippen molar-refractivity contribution in [2.75, 3.05) is 6.79 Å². The molecule has 0 saturated carbocycles. The van der Waals surface area contributed by atoms with Crippen LogP contribution in [-0.2, 0) is 6.42 Å². The maximum atomic E-state index is 9.29. The number of hydrogen-bond donors (Lipinski definition) is 1. The highest BCUT2D eigenvalue weighted by Gasteiger charge is 2.16. The van der Waals surface area contributed by atoms with Crippen LogP contribution in [0, 0.1) is 0 Å². The zero-order valence-corrected chi connectivity index (χ0v) is 9.37. The van der Waals surface area contributed by atoms with Crippen molar-refractivity contribution in [3.05, 3.63) is 22.2 Å². The van der Waals surface area contributed by atoms with Crippen LogP contribution in [-0.4, -0.2) is 18.0 Å². The van der Waals surface area contributed by atoms with Gasteiger partial charge in [-0.2, -0.15) is 0 Å². The summed E-state index contributed by atoms with van der Waals surface area (Å²) < 4.78 is 11.4. The average molecular weight is 259 g/mol. The molecule has 4 heteroatoms. The van der Waals surface area contributed by atoms with Gasteiger partial charge >= 0.3 is 0 Å². The lowest BCUT2D eigenvalue weighted by Gasteiger charge is -2.07. The average Bonchev–Trinajstić information content (AvgIpc) is 2.51. The molecule has 1 aromatic rings. The Morgan fingerprint density at radius 1 is 1.43 bits per heavy atom. The van der Waals surface area contributed by atoms with Gasteiger partial charge in [-0.25, -0.2) is 0 Å². The third-order valence-electron chi connectivity index (χ3n) is 2.06. The van der Waals surface area contributed by atoms with E-state index >= 15 is 0 Å². The topological polar surface area (TPSA) is 38.7 Å². The molecule has 0 aliphatic carbocycles. The van der Waals surface area contributed by atoms with E-state index in [4.69, 9.17) is 9.47 Å². The van der Waals surface area contributed by atoms with E-state index in [-0.39, 0.29) is 12.9 Å². The third-order valence-corrected chi connectivity index (χ3v) is 2.80. The van der Waals surface area contributed by atoms with E-state index in [1.54, 1.807) is 6.92 Å². The number of aliphatic hydroxyl groups excluding tert-OH is 1. The van der Waals surface area contributed by atoms with E-state index in [1.807, 2.05) is 12.1 Å². The van der Waals surface area contributed by atoms with Gasteiger partial charge in [-0.3, -0.25) is 0 Å². The zero-order valence-electron chi connectivity index (χ0n) is 7.79. The number of rotatable bonds is 2. The van der Waals surface area contributed by atoms with Gasteiger partial charge in [0.1, 0.15) is 0 Å². The summed E-state index contributed by atoms with van der Waals surface area (Å²) in [6, 6.07) is 3.78. The van der Waals surface area contributed by atoms with Gasteiger partial charge in [0.25, 0.3) is 0 Å². The van der Waals surface area contributed by atoms with Crippen LogP contribution < -0.4 is 9.47 Å². The maximum absolute atomic E-state index is 9.29. The van der Waals surface area contributed by atoms with Crippen molar-refractivity contribution in [2.45, 2.75) is 19.4 Å². The molecule has 1 heterocycles. The van der Waals surface area contributed by atoms with Gasteiger partial charge in [-0.15, -0.1) is 0 Å². The van der Waals surface area contributed by atoms with Crippen LogP contribution in [0.1, 0.15) is 12.5 Å². The standard InChI is InChI=1S/C10H11BrO3/c1-6(12)2-7-3-9-10(4-8(7)11)14-5-13-9/h3-4,6,12H,2,5H2,1H3. The summed E-state index contributed by atoms with van der Waals surface area (Å²) in [5, 5.41) is 9.29. The van der Waals surface area contributed by atoms with E-state index in [1.165, 1.54) is 0 Å². The van der Waals surface area contributed by atoms with Crippen LogP contribution in [0.2, 0.25) is 0 Å². The number of ether oxygens (including phenoxy) is 2. The molecule has 1 unspecified atom stereocenters. The number of halogens is 1. The van der Waals surface area contributed by atoms with Crippen molar-refractivity contribution < 1.29 is 14.6 Å². The molecule has 0 amide bonds. The Hall–Kier alpha value is -0.740. The van der Waals surface area contributed by atoms with Gasteiger partial charge in [-0.05, 0) is 31.0 Å². The molecule has 2 rings (SSSR count). The van der Waals surface area contributed by atoms with Crippen molar-refractivity contribution in [3.63, 3.8) is 0 Å². The van der Waals surface area contributed by atoms with Crippen LogP contribution in [0.4, 0.5) is 0 Å². The van der Waals surface area contributed by atoms with Gasteiger partial charge < -0.3 is 14.6 Å². The Morgan fingerprint density at radius 2 is 2.07 bits per heavy atom. The molecule has 0 spiro atoms. The molecule has 0 saturated heterocycles. The highest BCUT2D eigenvalue weighted by molar-refractivity contribution is 9.10. The summed E-state index contributed by atoms with van der Waals surface area (Å²) in [4.78, 5) is 0. The third kappa shape index (κ3) is 1.86. The monoisotopic (exact) mass is 258 g/mol. The summed E-state index contributed by atoms with van der Waals surface area (Å²) in [5.74, 6) is 1.51. The van der Waals surface area contributed by atoms with Crippen LogP contribution in [0.15, 0.2) is 16.6 Å². The molecular weight excluding hydrogens is 248 g/mol. The van der Waals surface area contributed by atoms with E-state index in [9.17, 15) is 5.11 Å². The fourth-order valence-electron chi connectivity index (χ4n) is 1.43. The first kappa shape index (κ1) is 9.80. The molecule has 76 valence electrons. The van der Waals surface area contributed by atoms with Crippen molar-refractivity contribution >= 4 is 15.9 Å². The van der Waals surface area contributed by atoms with E-state index < -0.39 is 0 Å². The number of benzene rings is 1. The fourth-order valence-corrected chi connectivity index (χ4v) is 1.92. The van der Waals surface area contributed by atoms with Crippen LogP contribution in [0.5, 0.6) is 11.5 Å². The van der Waals surface area contributed by atoms with E-state index in [0.29, 0.717) is 6.42 Å². The molecule has 0 fully saturated rings. The molecule has 0 radical (unpaired) electrons. The largest absolute Gasteiger partial charge is 0.454 e. The minimum atomic E-state index is -0.355. The Kier molecular flexibility index (Phi) is 2.65. The molecule has 1 atom stereocenters. The highest BCUT2D eigenvalue weighted by atomic mass is 79.9. The summed E-state index contributed by atoms with van der Waals surface area (Å²) in [6.45, 7) is 2.04. The first-order chi connectivity index (χ1) is 6.66. The number of aliphatic hydroxyl groups is 1. The van der Waals surface area contributed by atoms with Crippen LogP contribution in [0.25, 0.3) is 0 Å². The van der Waals surface area contributed by atoms with Crippen molar-refractivity contribution in [1.82, 2.24) is 0 Å². The second-order valence-corrected chi connectivity index (χ2v) is 4.20. The lowest BCUT2D eigenvalue weighted by molar-refractivity contribution is 0.174. The SMILES string of the molecule is CC(O)Cc1cc2c(cc1Br)OCO2. The maximum Gasteiger partial charge on any atom is 0.231 e. The highest BCUT2D eigenvalue weighted by Crippen LogP contribution is 2.37. The molecule has 0 aromatic heterocycles. The van der Waals surface area contributed by atoms with Gasteiger partial charge in [0.2, 0.25) is 6.79 Å². The number of hydrogen-bond acceptors (Lipinski definition) is 3. The summed E-state index contributed by atoms with van der Waals surface area (Å²) in [6.07, 6.45) is 0.253. The normalized spacial score (nSPS) is 15.6. The van der Waals surface area contributed by atoms with E-state index in [2.05, 4.69) is 15.9 Å².